The molecule has 25 heavy (non-hydrogen) atoms. The lowest BCUT2D eigenvalue weighted by atomic mass is 10.1. The van der Waals surface area contributed by atoms with Crippen molar-refractivity contribution < 1.29 is 9.47 Å². The second-order valence-electron chi connectivity index (χ2n) is 5.43. The summed E-state index contributed by atoms with van der Waals surface area (Å²) in [4.78, 5) is 0. The molecule has 0 aromatic heterocycles. The van der Waals surface area contributed by atoms with Crippen LogP contribution in [0.4, 0.5) is 5.69 Å². The smallest absolute Gasteiger partial charge is 0.170 e. The molecule has 2 N–H and O–H groups in total. The van der Waals surface area contributed by atoms with Crippen LogP contribution in [0.2, 0.25) is 0 Å². The number of benzene rings is 2. The lowest BCUT2D eigenvalue weighted by Gasteiger charge is -2.14. The molecule has 2 rings (SSSR count). The van der Waals surface area contributed by atoms with E-state index in [4.69, 9.17) is 21.7 Å². The van der Waals surface area contributed by atoms with Gasteiger partial charge in [-0.15, -0.1) is 0 Å². The first kappa shape index (κ1) is 19.4. The van der Waals surface area contributed by atoms with Crippen molar-refractivity contribution in [3.05, 3.63) is 53.6 Å². The van der Waals surface area contributed by atoms with E-state index in [0.29, 0.717) is 10.9 Å². The van der Waals surface area contributed by atoms with Crippen LogP contribution in [0, 0.1) is 6.92 Å². The van der Waals surface area contributed by atoms with E-state index in [1.165, 1.54) is 11.1 Å². The molecule has 0 saturated carbocycles. The molecule has 0 heterocycles. The summed E-state index contributed by atoms with van der Waals surface area (Å²) in [5.41, 5.74) is 3.54. The Balaban J connectivity index is 1.73. The largest absolute Gasteiger partial charge is 0.497 e. The van der Waals surface area contributed by atoms with Gasteiger partial charge in [0.15, 0.2) is 5.11 Å². The molecule has 0 radical (unpaired) electrons. The molecule has 4 nitrogen and oxygen atoms in total. The molecule has 0 unspecified atom stereocenters. The predicted octanol–water partition coefficient (Wildman–Crippen LogP) is 4.23. The minimum absolute atomic E-state index is 0.583. The summed E-state index contributed by atoms with van der Waals surface area (Å²) in [5.74, 6) is 3.43. The van der Waals surface area contributed by atoms with Crippen LogP contribution in [-0.4, -0.2) is 31.6 Å². The maximum atomic E-state index is 5.36. The number of nitrogens with one attached hydrogen (secondary N) is 2. The number of thioether (sulfide) groups is 1. The van der Waals surface area contributed by atoms with Gasteiger partial charge in [-0.3, -0.25) is 0 Å². The summed E-state index contributed by atoms with van der Waals surface area (Å²) in [6, 6.07) is 14.1. The third kappa shape index (κ3) is 6.14. The van der Waals surface area contributed by atoms with E-state index < -0.39 is 0 Å². The first-order chi connectivity index (χ1) is 12.1. The highest BCUT2D eigenvalue weighted by Crippen LogP contribution is 2.28. The first-order valence-corrected chi connectivity index (χ1v) is 9.59. The highest BCUT2D eigenvalue weighted by molar-refractivity contribution is 7.98. The number of methoxy groups -OCH3 is 2. The summed E-state index contributed by atoms with van der Waals surface area (Å²) in [6.07, 6.45) is 0. The predicted molar refractivity (Wildman–Crippen MR) is 111 cm³/mol. The minimum Gasteiger partial charge on any atom is -0.497 e. The van der Waals surface area contributed by atoms with Crippen molar-refractivity contribution in [1.29, 1.82) is 0 Å². The van der Waals surface area contributed by atoms with Gasteiger partial charge in [-0.1, -0.05) is 24.3 Å². The molecule has 2 aromatic rings. The summed E-state index contributed by atoms with van der Waals surface area (Å²) >= 11 is 7.24. The van der Waals surface area contributed by atoms with E-state index in [1.807, 2.05) is 30.0 Å². The van der Waals surface area contributed by atoms with Crippen LogP contribution >= 0.6 is 24.0 Å². The first-order valence-electron chi connectivity index (χ1n) is 8.03. The van der Waals surface area contributed by atoms with E-state index in [2.05, 4.69) is 41.8 Å². The fraction of sp³-hybridized carbons (Fsp3) is 0.316. The SMILES string of the molecule is COc1ccc(NC(=S)NCCSCc2ccccc2C)c(OC)c1. The molecule has 0 atom stereocenters. The minimum atomic E-state index is 0.583. The number of thiocarbonyl (C=S) groups is 1. The Morgan fingerprint density at radius 3 is 2.64 bits per heavy atom. The van der Waals surface area contributed by atoms with Crippen molar-refractivity contribution in [2.75, 3.05) is 31.8 Å². The third-order valence-corrected chi connectivity index (χ3v) is 4.96. The van der Waals surface area contributed by atoms with Gasteiger partial charge >= 0.3 is 0 Å². The number of aryl methyl sites for hydroxylation is 1. The van der Waals surface area contributed by atoms with E-state index >= 15 is 0 Å². The average Bonchev–Trinajstić information content (AvgIpc) is 2.63. The van der Waals surface area contributed by atoms with Crippen molar-refractivity contribution in [2.24, 2.45) is 0 Å². The van der Waals surface area contributed by atoms with Gasteiger partial charge in [-0.25, -0.2) is 0 Å². The molecule has 0 amide bonds. The average molecular weight is 377 g/mol. The fourth-order valence-electron chi connectivity index (χ4n) is 2.26. The van der Waals surface area contributed by atoms with E-state index in [0.717, 1.165) is 29.5 Å². The van der Waals surface area contributed by atoms with E-state index in [1.54, 1.807) is 14.2 Å². The van der Waals surface area contributed by atoms with Gasteiger partial charge in [0.1, 0.15) is 11.5 Å². The van der Waals surface area contributed by atoms with Gasteiger partial charge in [0.25, 0.3) is 0 Å². The molecular formula is C19H24N2O2S2. The molecule has 0 fully saturated rings. The Morgan fingerprint density at radius 1 is 1.12 bits per heavy atom. The number of anilines is 1. The van der Waals surface area contributed by atoms with Gasteiger partial charge in [-0.2, -0.15) is 11.8 Å². The van der Waals surface area contributed by atoms with Crippen molar-refractivity contribution in [1.82, 2.24) is 5.32 Å². The number of hydrogen-bond acceptors (Lipinski definition) is 4. The van der Waals surface area contributed by atoms with Crippen LogP contribution in [0.15, 0.2) is 42.5 Å². The zero-order chi connectivity index (χ0) is 18.1. The van der Waals surface area contributed by atoms with Crippen molar-refractivity contribution in [3.8, 4) is 11.5 Å². The summed E-state index contributed by atoms with van der Waals surface area (Å²) in [6.45, 7) is 2.95. The molecule has 6 heteroatoms. The molecule has 0 bridgehead atoms. The van der Waals surface area contributed by atoms with Gasteiger partial charge in [-0.05, 0) is 42.4 Å². The Hall–Kier alpha value is -1.92. The lowest BCUT2D eigenvalue weighted by Crippen LogP contribution is -2.30. The zero-order valence-corrected chi connectivity index (χ0v) is 16.4. The zero-order valence-electron chi connectivity index (χ0n) is 14.8. The van der Waals surface area contributed by atoms with Crippen LogP contribution in [0.3, 0.4) is 0 Å². The second-order valence-corrected chi connectivity index (χ2v) is 6.94. The Bertz CT molecular complexity index is 708. The van der Waals surface area contributed by atoms with Gasteiger partial charge in [0.2, 0.25) is 0 Å². The fourth-order valence-corrected chi connectivity index (χ4v) is 3.41. The molecule has 0 spiro atoms. The van der Waals surface area contributed by atoms with Crippen LogP contribution in [0.1, 0.15) is 11.1 Å². The third-order valence-electron chi connectivity index (χ3n) is 3.71. The normalized spacial score (nSPS) is 10.2. The summed E-state index contributed by atoms with van der Waals surface area (Å²) in [5, 5.41) is 6.97. The van der Waals surface area contributed by atoms with Crippen molar-refractivity contribution in [2.45, 2.75) is 12.7 Å². The lowest BCUT2D eigenvalue weighted by molar-refractivity contribution is 0.395. The maximum Gasteiger partial charge on any atom is 0.170 e. The molecular weight excluding hydrogens is 352 g/mol. The standard InChI is InChI=1S/C19H24N2O2S2/c1-14-6-4-5-7-15(14)13-25-11-10-20-19(24)21-17-9-8-16(22-2)12-18(17)23-3/h4-9,12H,10-11,13H2,1-3H3,(H2,20,21,24). The molecule has 0 aliphatic carbocycles. The molecule has 0 aliphatic heterocycles. The van der Waals surface area contributed by atoms with Crippen LogP contribution in [0.25, 0.3) is 0 Å². The maximum absolute atomic E-state index is 5.36. The Labute approximate surface area is 159 Å². The highest BCUT2D eigenvalue weighted by Gasteiger charge is 2.06. The van der Waals surface area contributed by atoms with E-state index in [9.17, 15) is 0 Å². The van der Waals surface area contributed by atoms with Crippen molar-refractivity contribution in [3.63, 3.8) is 0 Å². The topological polar surface area (TPSA) is 42.5 Å². The number of hydrogen-bond donors (Lipinski definition) is 2. The van der Waals surface area contributed by atoms with Gasteiger partial charge < -0.3 is 20.1 Å². The van der Waals surface area contributed by atoms with Crippen LogP contribution < -0.4 is 20.1 Å². The van der Waals surface area contributed by atoms with Crippen LogP contribution in [-0.2, 0) is 5.75 Å². The van der Waals surface area contributed by atoms with Crippen molar-refractivity contribution >= 4 is 34.8 Å². The molecule has 0 aliphatic rings. The monoisotopic (exact) mass is 376 g/mol. The van der Waals surface area contributed by atoms with Crippen LogP contribution in [0.5, 0.6) is 11.5 Å². The molecule has 134 valence electrons. The number of ether oxygens (including phenoxy) is 2. The highest BCUT2D eigenvalue weighted by atomic mass is 32.2. The summed E-state index contributed by atoms with van der Waals surface area (Å²) < 4.78 is 10.6. The Kier molecular flexibility index (Phi) is 7.88. The summed E-state index contributed by atoms with van der Waals surface area (Å²) in [7, 11) is 3.25. The van der Waals surface area contributed by atoms with Gasteiger partial charge in [0.05, 0.1) is 19.9 Å². The second kappa shape index (κ2) is 10.2. The molecule has 2 aromatic carbocycles. The quantitative estimate of drug-likeness (QED) is 0.531. The molecule has 0 saturated heterocycles. The number of rotatable bonds is 8. The Morgan fingerprint density at radius 2 is 1.92 bits per heavy atom. The van der Waals surface area contributed by atoms with Gasteiger partial charge in [0, 0.05) is 24.1 Å². The van der Waals surface area contributed by atoms with E-state index in [-0.39, 0.29) is 0 Å².